The first kappa shape index (κ1) is 15.9. The normalized spacial score (nSPS) is 11.0. The third-order valence-electron chi connectivity index (χ3n) is 3.81. The summed E-state index contributed by atoms with van der Waals surface area (Å²) >= 11 is 0. The predicted molar refractivity (Wildman–Crippen MR) is 94.7 cm³/mol. The van der Waals surface area contributed by atoms with Crippen molar-refractivity contribution < 1.29 is 4.92 Å². The Bertz CT molecular complexity index is 922. The van der Waals surface area contributed by atoms with Crippen molar-refractivity contribution in [3.63, 3.8) is 0 Å². The molecule has 2 aromatic carbocycles. The fourth-order valence-electron chi connectivity index (χ4n) is 2.47. The van der Waals surface area contributed by atoms with Crippen LogP contribution >= 0.6 is 0 Å². The van der Waals surface area contributed by atoms with Crippen molar-refractivity contribution in [2.75, 3.05) is 5.32 Å². The van der Waals surface area contributed by atoms with Gasteiger partial charge in [-0.25, -0.2) is 9.97 Å². The summed E-state index contributed by atoms with van der Waals surface area (Å²) in [5, 5.41) is 15.2. The summed E-state index contributed by atoms with van der Waals surface area (Å²) in [6.07, 6.45) is 0. The Labute approximate surface area is 139 Å². The Morgan fingerprint density at radius 3 is 2.58 bits per heavy atom. The van der Waals surface area contributed by atoms with E-state index in [9.17, 15) is 10.1 Å². The molecule has 1 heterocycles. The summed E-state index contributed by atoms with van der Waals surface area (Å²) < 4.78 is 0. The van der Waals surface area contributed by atoms with Gasteiger partial charge in [-0.05, 0) is 25.1 Å². The summed E-state index contributed by atoms with van der Waals surface area (Å²) in [6.45, 7) is 5.79. The SMILES string of the molecule is Cc1ccc(Nc2nc(C(C)C)nc3ccccc23)cc1[N+](=O)[O-]. The van der Waals surface area contributed by atoms with Crippen LogP contribution in [0.3, 0.4) is 0 Å². The second-order valence-corrected chi connectivity index (χ2v) is 5.99. The van der Waals surface area contributed by atoms with Gasteiger partial charge in [-0.3, -0.25) is 10.1 Å². The number of nitro groups is 1. The molecule has 6 heteroatoms. The van der Waals surface area contributed by atoms with E-state index < -0.39 is 0 Å². The zero-order chi connectivity index (χ0) is 17.3. The largest absolute Gasteiger partial charge is 0.339 e. The maximum Gasteiger partial charge on any atom is 0.274 e. The molecule has 3 aromatic rings. The number of aryl methyl sites for hydroxylation is 1. The molecule has 0 saturated carbocycles. The number of nitrogens with zero attached hydrogens (tertiary/aromatic N) is 3. The molecule has 0 spiro atoms. The van der Waals surface area contributed by atoms with E-state index in [1.54, 1.807) is 13.0 Å². The Hall–Kier alpha value is -3.02. The molecule has 0 aliphatic rings. The second kappa shape index (κ2) is 6.23. The van der Waals surface area contributed by atoms with Crippen LogP contribution in [0.25, 0.3) is 10.9 Å². The number of hydrogen-bond donors (Lipinski definition) is 1. The fourth-order valence-corrected chi connectivity index (χ4v) is 2.47. The Morgan fingerprint density at radius 1 is 1.12 bits per heavy atom. The number of benzene rings is 2. The number of rotatable bonds is 4. The van der Waals surface area contributed by atoms with Crippen LogP contribution in [0.5, 0.6) is 0 Å². The zero-order valence-electron chi connectivity index (χ0n) is 13.8. The van der Waals surface area contributed by atoms with E-state index in [0.717, 1.165) is 16.7 Å². The zero-order valence-corrected chi connectivity index (χ0v) is 13.8. The number of hydrogen-bond acceptors (Lipinski definition) is 5. The summed E-state index contributed by atoms with van der Waals surface area (Å²) in [5.41, 5.74) is 2.19. The summed E-state index contributed by atoms with van der Waals surface area (Å²) in [7, 11) is 0. The Balaban J connectivity index is 2.09. The van der Waals surface area contributed by atoms with Gasteiger partial charge in [-0.2, -0.15) is 0 Å². The van der Waals surface area contributed by atoms with Crippen molar-refractivity contribution >= 4 is 28.1 Å². The number of nitrogens with one attached hydrogen (secondary N) is 1. The summed E-state index contributed by atoms with van der Waals surface area (Å²) in [4.78, 5) is 19.9. The van der Waals surface area contributed by atoms with Crippen LogP contribution < -0.4 is 5.32 Å². The van der Waals surface area contributed by atoms with Gasteiger partial charge < -0.3 is 5.32 Å². The van der Waals surface area contributed by atoms with E-state index in [0.29, 0.717) is 17.1 Å². The highest BCUT2D eigenvalue weighted by atomic mass is 16.6. The fraction of sp³-hybridized carbons (Fsp3) is 0.222. The van der Waals surface area contributed by atoms with Crippen molar-refractivity contribution in [2.45, 2.75) is 26.7 Å². The molecule has 0 fully saturated rings. The van der Waals surface area contributed by atoms with Gasteiger partial charge in [0.1, 0.15) is 11.6 Å². The van der Waals surface area contributed by atoms with E-state index in [2.05, 4.69) is 15.3 Å². The molecule has 0 amide bonds. The molecule has 0 saturated heterocycles. The van der Waals surface area contributed by atoms with E-state index in [1.807, 2.05) is 44.2 Å². The molecule has 0 unspecified atom stereocenters. The highest BCUT2D eigenvalue weighted by Crippen LogP contribution is 2.28. The van der Waals surface area contributed by atoms with Crippen molar-refractivity contribution in [2.24, 2.45) is 0 Å². The van der Waals surface area contributed by atoms with Crippen LogP contribution in [-0.2, 0) is 0 Å². The molecule has 24 heavy (non-hydrogen) atoms. The van der Waals surface area contributed by atoms with Crippen LogP contribution in [0.15, 0.2) is 42.5 Å². The van der Waals surface area contributed by atoms with Gasteiger partial charge in [0.15, 0.2) is 0 Å². The second-order valence-electron chi connectivity index (χ2n) is 5.99. The minimum atomic E-state index is -0.377. The quantitative estimate of drug-likeness (QED) is 0.555. The maximum atomic E-state index is 11.1. The molecule has 0 atom stereocenters. The number of fused-ring (bicyclic) bond motifs is 1. The average molecular weight is 322 g/mol. The summed E-state index contributed by atoms with van der Waals surface area (Å²) in [5.74, 6) is 1.57. The van der Waals surface area contributed by atoms with Gasteiger partial charge in [-0.1, -0.05) is 32.0 Å². The van der Waals surface area contributed by atoms with E-state index in [-0.39, 0.29) is 16.5 Å². The summed E-state index contributed by atoms with van der Waals surface area (Å²) in [6, 6.07) is 12.8. The van der Waals surface area contributed by atoms with Crippen LogP contribution in [0, 0.1) is 17.0 Å². The van der Waals surface area contributed by atoms with E-state index in [4.69, 9.17) is 0 Å². The predicted octanol–water partition coefficient (Wildman–Crippen LogP) is 4.71. The maximum absolute atomic E-state index is 11.1. The monoisotopic (exact) mass is 322 g/mol. The number of para-hydroxylation sites is 1. The van der Waals surface area contributed by atoms with Crippen molar-refractivity contribution in [3.8, 4) is 0 Å². The van der Waals surface area contributed by atoms with E-state index in [1.165, 1.54) is 6.07 Å². The molecule has 6 nitrogen and oxygen atoms in total. The first-order chi connectivity index (χ1) is 11.5. The molecular weight excluding hydrogens is 304 g/mol. The van der Waals surface area contributed by atoms with Crippen LogP contribution in [-0.4, -0.2) is 14.9 Å². The average Bonchev–Trinajstić information content (AvgIpc) is 2.56. The minimum absolute atomic E-state index is 0.0856. The number of aromatic nitrogens is 2. The molecule has 1 aromatic heterocycles. The van der Waals surface area contributed by atoms with Crippen LogP contribution in [0.4, 0.5) is 17.2 Å². The van der Waals surface area contributed by atoms with Gasteiger partial charge in [0.25, 0.3) is 5.69 Å². The van der Waals surface area contributed by atoms with Crippen LogP contribution in [0.2, 0.25) is 0 Å². The highest BCUT2D eigenvalue weighted by molar-refractivity contribution is 5.90. The molecule has 0 bridgehead atoms. The van der Waals surface area contributed by atoms with Gasteiger partial charge >= 0.3 is 0 Å². The Morgan fingerprint density at radius 2 is 1.88 bits per heavy atom. The number of anilines is 2. The van der Waals surface area contributed by atoms with Crippen molar-refractivity contribution in [1.29, 1.82) is 0 Å². The standard InChI is InChI=1S/C18H18N4O2/c1-11(2)17-20-15-7-5-4-6-14(15)18(21-17)19-13-9-8-12(3)16(10-13)22(23)24/h4-11H,1-3H3,(H,19,20,21). The lowest BCUT2D eigenvalue weighted by Crippen LogP contribution is -2.03. The van der Waals surface area contributed by atoms with Crippen molar-refractivity contribution in [1.82, 2.24) is 9.97 Å². The number of nitro benzene ring substituents is 1. The first-order valence-corrected chi connectivity index (χ1v) is 7.74. The topological polar surface area (TPSA) is 81.0 Å². The third kappa shape index (κ3) is 3.03. The van der Waals surface area contributed by atoms with Gasteiger partial charge in [-0.15, -0.1) is 0 Å². The van der Waals surface area contributed by atoms with Gasteiger partial charge in [0.05, 0.1) is 10.4 Å². The van der Waals surface area contributed by atoms with Crippen molar-refractivity contribution in [3.05, 3.63) is 64.0 Å². The molecule has 122 valence electrons. The van der Waals surface area contributed by atoms with Crippen LogP contribution in [0.1, 0.15) is 31.2 Å². The molecule has 3 rings (SSSR count). The van der Waals surface area contributed by atoms with Gasteiger partial charge in [0.2, 0.25) is 0 Å². The third-order valence-corrected chi connectivity index (χ3v) is 3.81. The molecule has 0 aliphatic heterocycles. The first-order valence-electron chi connectivity index (χ1n) is 7.74. The van der Waals surface area contributed by atoms with Gasteiger partial charge in [0, 0.05) is 28.6 Å². The Kier molecular flexibility index (Phi) is 4.12. The molecule has 0 radical (unpaired) electrons. The molecule has 1 N–H and O–H groups in total. The molecule has 0 aliphatic carbocycles. The molecular formula is C18H18N4O2. The lowest BCUT2D eigenvalue weighted by molar-refractivity contribution is -0.385. The lowest BCUT2D eigenvalue weighted by atomic mass is 10.1. The van der Waals surface area contributed by atoms with E-state index >= 15 is 0 Å². The smallest absolute Gasteiger partial charge is 0.274 e. The highest BCUT2D eigenvalue weighted by Gasteiger charge is 2.14. The minimum Gasteiger partial charge on any atom is -0.339 e. The lowest BCUT2D eigenvalue weighted by Gasteiger charge is -2.12.